The van der Waals surface area contributed by atoms with E-state index in [9.17, 15) is 9.18 Å². The number of nitrogens with two attached hydrogens (primary N) is 1. The summed E-state index contributed by atoms with van der Waals surface area (Å²) in [6.45, 7) is 0.226. The molecule has 0 saturated heterocycles. The highest BCUT2D eigenvalue weighted by Gasteiger charge is 2.02. The van der Waals surface area contributed by atoms with Crippen LogP contribution >= 0.6 is 0 Å². The van der Waals surface area contributed by atoms with E-state index in [1.54, 1.807) is 0 Å². The molecular weight excluding hydrogens is 183 g/mol. The molecule has 0 unspecified atom stereocenters. The van der Waals surface area contributed by atoms with E-state index in [0.717, 1.165) is 0 Å². The molecule has 3 N–H and O–H groups in total. The minimum atomic E-state index is -0.334. The number of aromatic amines is 1. The molecule has 2 rings (SSSR count). The average Bonchev–Trinajstić information content (AvgIpc) is 2.17. The minimum absolute atomic E-state index is 0.218. The first-order valence-electron chi connectivity index (χ1n) is 4.22. The molecule has 1 aromatic heterocycles. The van der Waals surface area contributed by atoms with Crippen LogP contribution in [-0.2, 0) is 6.54 Å². The van der Waals surface area contributed by atoms with Crippen LogP contribution in [0.2, 0.25) is 0 Å². The second-order valence-electron chi connectivity index (χ2n) is 3.05. The molecule has 1 aromatic carbocycles. The molecule has 0 aliphatic rings. The zero-order valence-electron chi connectivity index (χ0n) is 7.38. The second kappa shape index (κ2) is 3.23. The van der Waals surface area contributed by atoms with Gasteiger partial charge in [0.25, 0.3) is 0 Å². The van der Waals surface area contributed by atoms with Crippen molar-refractivity contribution in [3.63, 3.8) is 0 Å². The lowest BCUT2D eigenvalue weighted by atomic mass is 10.1. The summed E-state index contributed by atoms with van der Waals surface area (Å²) in [5.74, 6) is -0.334. The number of halogens is 1. The molecule has 0 spiro atoms. The van der Waals surface area contributed by atoms with Crippen LogP contribution in [0.1, 0.15) is 5.56 Å². The summed E-state index contributed by atoms with van der Waals surface area (Å²) in [6.07, 6.45) is 0. The highest BCUT2D eigenvalue weighted by atomic mass is 19.1. The van der Waals surface area contributed by atoms with E-state index in [1.807, 2.05) is 0 Å². The van der Waals surface area contributed by atoms with Crippen molar-refractivity contribution >= 4 is 10.9 Å². The van der Waals surface area contributed by atoms with Crippen LogP contribution in [0.4, 0.5) is 4.39 Å². The normalized spacial score (nSPS) is 10.7. The molecule has 72 valence electrons. The van der Waals surface area contributed by atoms with Crippen LogP contribution in [0.25, 0.3) is 10.9 Å². The standard InChI is InChI=1S/C10H9FN2O/c11-7-1-2-9-8(4-7)6(5-12)3-10(14)13-9/h1-4H,5,12H2,(H,13,14). The van der Waals surface area contributed by atoms with Crippen LogP contribution in [0.5, 0.6) is 0 Å². The van der Waals surface area contributed by atoms with Crippen LogP contribution in [0.3, 0.4) is 0 Å². The fourth-order valence-corrected chi connectivity index (χ4v) is 1.46. The molecule has 0 aliphatic heterocycles. The van der Waals surface area contributed by atoms with Gasteiger partial charge in [0.15, 0.2) is 0 Å². The number of rotatable bonds is 1. The topological polar surface area (TPSA) is 58.9 Å². The summed E-state index contributed by atoms with van der Waals surface area (Å²) < 4.78 is 12.9. The number of hydrogen-bond donors (Lipinski definition) is 2. The van der Waals surface area contributed by atoms with Gasteiger partial charge in [0.1, 0.15) is 5.82 Å². The lowest BCUT2D eigenvalue weighted by molar-refractivity contribution is 0.629. The van der Waals surface area contributed by atoms with E-state index >= 15 is 0 Å². The summed E-state index contributed by atoms with van der Waals surface area (Å²) in [5, 5.41) is 0.659. The first-order chi connectivity index (χ1) is 6.70. The van der Waals surface area contributed by atoms with Gasteiger partial charge in [0, 0.05) is 23.5 Å². The van der Waals surface area contributed by atoms with Gasteiger partial charge in [-0.3, -0.25) is 4.79 Å². The predicted molar refractivity (Wildman–Crippen MR) is 52.4 cm³/mol. The summed E-state index contributed by atoms with van der Waals surface area (Å²) in [6, 6.07) is 5.60. The molecule has 4 heteroatoms. The van der Waals surface area contributed by atoms with E-state index in [4.69, 9.17) is 5.73 Å². The van der Waals surface area contributed by atoms with Crippen molar-refractivity contribution in [1.82, 2.24) is 4.98 Å². The largest absolute Gasteiger partial charge is 0.326 e. The van der Waals surface area contributed by atoms with Gasteiger partial charge in [0.05, 0.1) is 0 Å². The minimum Gasteiger partial charge on any atom is -0.326 e. The van der Waals surface area contributed by atoms with Gasteiger partial charge < -0.3 is 10.7 Å². The SMILES string of the molecule is NCc1cc(=O)[nH]c2ccc(F)cc12. The Kier molecular flexibility index (Phi) is 2.05. The molecule has 3 nitrogen and oxygen atoms in total. The van der Waals surface area contributed by atoms with Gasteiger partial charge >= 0.3 is 0 Å². The third kappa shape index (κ3) is 1.40. The molecule has 14 heavy (non-hydrogen) atoms. The van der Waals surface area contributed by atoms with E-state index in [-0.39, 0.29) is 17.9 Å². The van der Waals surface area contributed by atoms with E-state index in [2.05, 4.69) is 4.98 Å². The lowest BCUT2D eigenvalue weighted by Crippen LogP contribution is -2.09. The molecule has 0 aliphatic carbocycles. The van der Waals surface area contributed by atoms with Crippen LogP contribution in [0.15, 0.2) is 29.1 Å². The summed E-state index contributed by atoms with van der Waals surface area (Å²) in [7, 11) is 0. The quantitative estimate of drug-likeness (QED) is 0.711. The van der Waals surface area contributed by atoms with Gasteiger partial charge in [-0.05, 0) is 23.8 Å². The fraction of sp³-hybridized carbons (Fsp3) is 0.100. The molecule has 0 fully saturated rings. The van der Waals surface area contributed by atoms with Crippen molar-refractivity contribution in [2.24, 2.45) is 5.73 Å². The first kappa shape index (κ1) is 8.90. The van der Waals surface area contributed by atoms with Gasteiger partial charge in [-0.15, -0.1) is 0 Å². The molecule has 2 aromatic rings. The molecular formula is C10H9FN2O. The Bertz CT molecular complexity index is 533. The van der Waals surface area contributed by atoms with E-state index in [1.165, 1.54) is 24.3 Å². The van der Waals surface area contributed by atoms with Gasteiger partial charge in [0.2, 0.25) is 5.56 Å². The van der Waals surface area contributed by atoms with Crippen LogP contribution < -0.4 is 11.3 Å². The fourth-order valence-electron chi connectivity index (χ4n) is 1.46. The summed E-state index contributed by atoms with van der Waals surface area (Å²) in [5.41, 5.74) is 6.51. The third-order valence-corrected chi connectivity index (χ3v) is 2.11. The van der Waals surface area contributed by atoms with Crippen molar-refractivity contribution in [3.8, 4) is 0 Å². The molecule has 0 amide bonds. The number of pyridine rings is 1. The van der Waals surface area contributed by atoms with E-state index < -0.39 is 0 Å². The first-order valence-corrected chi connectivity index (χ1v) is 4.22. The Hall–Kier alpha value is -1.68. The Labute approximate surface area is 79.4 Å². The van der Waals surface area contributed by atoms with Crippen molar-refractivity contribution in [3.05, 3.63) is 46.0 Å². The smallest absolute Gasteiger partial charge is 0.248 e. The van der Waals surface area contributed by atoms with Crippen molar-refractivity contribution < 1.29 is 4.39 Å². The number of hydrogen-bond acceptors (Lipinski definition) is 2. The lowest BCUT2D eigenvalue weighted by Gasteiger charge is -2.03. The zero-order valence-corrected chi connectivity index (χ0v) is 7.38. The Balaban J connectivity index is 2.88. The Morgan fingerprint density at radius 2 is 2.14 bits per heavy atom. The highest BCUT2D eigenvalue weighted by Crippen LogP contribution is 2.15. The molecule has 1 heterocycles. The predicted octanol–water partition coefficient (Wildman–Crippen LogP) is 1.13. The van der Waals surface area contributed by atoms with Gasteiger partial charge in [-0.1, -0.05) is 0 Å². The summed E-state index contributed by atoms with van der Waals surface area (Å²) >= 11 is 0. The van der Waals surface area contributed by atoms with Crippen molar-refractivity contribution in [2.75, 3.05) is 0 Å². The maximum atomic E-state index is 12.9. The van der Waals surface area contributed by atoms with Gasteiger partial charge in [-0.2, -0.15) is 0 Å². The van der Waals surface area contributed by atoms with Crippen LogP contribution in [-0.4, -0.2) is 4.98 Å². The van der Waals surface area contributed by atoms with Crippen LogP contribution in [0, 0.1) is 5.82 Å². The average molecular weight is 192 g/mol. The highest BCUT2D eigenvalue weighted by molar-refractivity contribution is 5.81. The Morgan fingerprint density at radius 3 is 2.86 bits per heavy atom. The number of aromatic nitrogens is 1. The van der Waals surface area contributed by atoms with Crippen molar-refractivity contribution in [1.29, 1.82) is 0 Å². The number of H-pyrrole nitrogens is 1. The molecule has 0 bridgehead atoms. The maximum absolute atomic E-state index is 12.9. The molecule has 0 saturated carbocycles. The second-order valence-corrected chi connectivity index (χ2v) is 3.05. The molecule has 0 atom stereocenters. The number of nitrogens with one attached hydrogen (secondary N) is 1. The Morgan fingerprint density at radius 1 is 1.36 bits per heavy atom. The monoisotopic (exact) mass is 192 g/mol. The number of fused-ring (bicyclic) bond motifs is 1. The molecule has 0 radical (unpaired) electrons. The maximum Gasteiger partial charge on any atom is 0.248 e. The third-order valence-electron chi connectivity index (χ3n) is 2.11. The van der Waals surface area contributed by atoms with Crippen molar-refractivity contribution in [2.45, 2.75) is 6.54 Å². The van der Waals surface area contributed by atoms with E-state index in [0.29, 0.717) is 16.5 Å². The summed E-state index contributed by atoms with van der Waals surface area (Å²) in [4.78, 5) is 13.8. The zero-order chi connectivity index (χ0) is 10.1. The van der Waals surface area contributed by atoms with Gasteiger partial charge in [-0.25, -0.2) is 4.39 Å². The number of benzene rings is 1.